The third-order valence-corrected chi connectivity index (χ3v) is 3.51. The van der Waals surface area contributed by atoms with Gasteiger partial charge in [-0.3, -0.25) is 0 Å². The van der Waals surface area contributed by atoms with E-state index < -0.39 is 0 Å². The highest BCUT2D eigenvalue weighted by atomic mass is 19.1. The number of hydrogen-bond acceptors (Lipinski definition) is 4. The number of morpholine rings is 1. The maximum atomic E-state index is 13.0. The van der Waals surface area contributed by atoms with Crippen molar-refractivity contribution in [2.24, 2.45) is 0 Å². The second-order valence-electron chi connectivity index (χ2n) is 4.84. The Labute approximate surface area is 122 Å². The molecule has 0 N–H and O–H groups in total. The lowest BCUT2D eigenvalue weighted by Crippen LogP contribution is -2.39. The fraction of sp³-hybridized carbons (Fsp3) is 0.250. The van der Waals surface area contributed by atoms with Crippen LogP contribution in [0.2, 0.25) is 0 Å². The minimum absolute atomic E-state index is 0.145. The van der Waals surface area contributed by atoms with E-state index in [0.29, 0.717) is 31.1 Å². The van der Waals surface area contributed by atoms with Crippen LogP contribution in [0.4, 0.5) is 10.2 Å². The third kappa shape index (κ3) is 2.86. The van der Waals surface area contributed by atoms with E-state index in [1.165, 1.54) is 12.1 Å². The van der Waals surface area contributed by atoms with Gasteiger partial charge in [-0.05, 0) is 29.8 Å². The summed E-state index contributed by atoms with van der Waals surface area (Å²) in [6.07, 6.45) is 1.53. The number of nitriles is 1. The van der Waals surface area contributed by atoms with Crippen molar-refractivity contribution < 1.29 is 9.13 Å². The molecule has 0 saturated carbocycles. The first kappa shape index (κ1) is 13.5. The topological polar surface area (TPSA) is 49.2 Å². The molecule has 1 aromatic heterocycles. The van der Waals surface area contributed by atoms with Crippen LogP contribution in [0.1, 0.15) is 17.2 Å². The van der Waals surface area contributed by atoms with Gasteiger partial charge in [-0.15, -0.1) is 0 Å². The number of anilines is 1. The highest BCUT2D eigenvalue weighted by molar-refractivity contribution is 5.53. The van der Waals surface area contributed by atoms with E-state index in [2.05, 4.69) is 11.1 Å². The van der Waals surface area contributed by atoms with Gasteiger partial charge in [0.2, 0.25) is 0 Å². The van der Waals surface area contributed by atoms with Gasteiger partial charge < -0.3 is 9.64 Å². The van der Waals surface area contributed by atoms with Crippen molar-refractivity contribution in [1.29, 1.82) is 5.26 Å². The van der Waals surface area contributed by atoms with Crippen LogP contribution >= 0.6 is 0 Å². The van der Waals surface area contributed by atoms with Gasteiger partial charge in [-0.2, -0.15) is 5.26 Å². The van der Waals surface area contributed by atoms with Crippen molar-refractivity contribution in [3.8, 4) is 6.07 Å². The van der Waals surface area contributed by atoms with Crippen LogP contribution in [0.25, 0.3) is 0 Å². The lowest BCUT2D eigenvalue weighted by molar-refractivity contribution is 0.0395. The molecule has 3 rings (SSSR count). The normalized spacial score (nSPS) is 18.3. The lowest BCUT2D eigenvalue weighted by Gasteiger charge is -2.34. The molecule has 1 fully saturated rings. The molecule has 0 aliphatic carbocycles. The van der Waals surface area contributed by atoms with Crippen LogP contribution in [-0.2, 0) is 4.74 Å². The zero-order valence-corrected chi connectivity index (χ0v) is 11.4. The molecule has 2 aromatic rings. The van der Waals surface area contributed by atoms with Crippen molar-refractivity contribution in [3.63, 3.8) is 0 Å². The molecule has 106 valence electrons. The minimum atomic E-state index is -0.261. The Bertz CT molecular complexity index is 666. The SMILES string of the molecule is N#Cc1cccnc1N1CCO[C@H](c2ccc(F)cc2)C1. The van der Waals surface area contributed by atoms with Gasteiger partial charge in [0.15, 0.2) is 0 Å². The predicted octanol–water partition coefficient (Wildman–Crippen LogP) is 2.67. The summed E-state index contributed by atoms with van der Waals surface area (Å²) in [5.41, 5.74) is 1.48. The van der Waals surface area contributed by atoms with Crippen LogP contribution in [0.15, 0.2) is 42.6 Å². The average Bonchev–Trinajstić information content (AvgIpc) is 2.55. The molecule has 2 heterocycles. The molecular weight excluding hydrogens is 269 g/mol. The molecule has 1 aliphatic rings. The van der Waals surface area contributed by atoms with Crippen molar-refractivity contribution >= 4 is 5.82 Å². The molecule has 5 heteroatoms. The Morgan fingerprint density at radius 1 is 1.29 bits per heavy atom. The number of hydrogen-bond donors (Lipinski definition) is 0. The van der Waals surface area contributed by atoms with E-state index in [4.69, 9.17) is 4.74 Å². The summed E-state index contributed by atoms with van der Waals surface area (Å²) in [7, 11) is 0. The van der Waals surface area contributed by atoms with E-state index in [1.54, 1.807) is 30.5 Å². The fourth-order valence-corrected chi connectivity index (χ4v) is 2.46. The van der Waals surface area contributed by atoms with Gasteiger partial charge in [0.25, 0.3) is 0 Å². The fourth-order valence-electron chi connectivity index (χ4n) is 2.46. The van der Waals surface area contributed by atoms with Crippen LogP contribution in [-0.4, -0.2) is 24.7 Å². The average molecular weight is 283 g/mol. The number of ether oxygens (including phenoxy) is 1. The van der Waals surface area contributed by atoms with Gasteiger partial charge in [0, 0.05) is 19.3 Å². The van der Waals surface area contributed by atoms with Gasteiger partial charge in [-0.1, -0.05) is 12.1 Å². The summed E-state index contributed by atoms with van der Waals surface area (Å²) in [5, 5.41) is 9.17. The molecule has 1 aliphatic heterocycles. The molecule has 1 atom stereocenters. The Morgan fingerprint density at radius 3 is 2.86 bits per heavy atom. The molecule has 0 radical (unpaired) electrons. The molecule has 0 unspecified atom stereocenters. The maximum Gasteiger partial charge on any atom is 0.146 e. The maximum absolute atomic E-state index is 13.0. The summed E-state index contributed by atoms with van der Waals surface area (Å²) in [4.78, 5) is 6.34. The first-order valence-corrected chi connectivity index (χ1v) is 6.75. The number of nitrogens with zero attached hydrogens (tertiary/aromatic N) is 3. The van der Waals surface area contributed by atoms with E-state index >= 15 is 0 Å². The highest BCUT2D eigenvalue weighted by Gasteiger charge is 2.24. The molecule has 1 saturated heterocycles. The smallest absolute Gasteiger partial charge is 0.146 e. The largest absolute Gasteiger partial charge is 0.370 e. The first-order chi connectivity index (χ1) is 10.3. The second kappa shape index (κ2) is 5.90. The number of pyridine rings is 1. The van der Waals surface area contributed by atoms with E-state index in [0.717, 1.165) is 5.56 Å². The second-order valence-corrected chi connectivity index (χ2v) is 4.84. The van der Waals surface area contributed by atoms with Crippen molar-refractivity contribution in [2.75, 3.05) is 24.6 Å². The van der Waals surface area contributed by atoms with Gasteiger partial charge >= 0.3 is 0 Å². The quantitative estimate of drug-likeness (QED) is 0.850. The number of halogens is 1. The van der Waals surface area contributed by atoms with Crippen LogP contribution < -0.4 is 4.90 Å². The summed E-state index contributed by atoms with van der Waals surface area (Å²) in [6, 6.07) is 12.0. The molecule has 21 heavy (non-hydrogen) atoms. The Morgan fingerprint density at radius 2 is 2.10 bits per heavy atom. The first-order valence-electron chi connectivity index (χ1n) is 6.75. The Kier molecular flexibility index (Phi) is 3.80. The van der Waals surface area contributed by atoms with Crippen molar-refractivity contribution in [2.45, 2.75) is 6.10 Å². The monoisotopic (exact) mass is 283 g/mol. The summed E-state index contributed by atoms with van der Waals surface area (Å²) in [6.45, 7) is 1.82. The van der Waals surface area contributed by atoms with E-state index in [1.807, 2.05) is 4.90 Å². The Balaban J connectivity index is 1.83. The molecule has 4 nitrogen and oxygen atoms in total. The van der Waals surface area contributed by atoms with Crippen LogP contribution in [0.3, 0.4) is 0 Å². The van der Waals surface area contributed by atoms with Crippen LogP contribution in [0.5, 0.6) is 0 Å². The van der Waals surface area contributed by atoms with Gasteiger partial charge in [-0.25, -0.2) is 9.37 Å². The molecule has 0 spiro atoms. The number of aromatic nitrogens is 1. The molecule has 0 bridgehead atoms. The predicted molar refractivity (Wildman–Crippen MR) is 76.3 cm³/mol. The van der Waals surface area contributed by atoms with Gasteiger partial charge in [0.1, 0.15) is 23.8 Å². The van der Waals surface area contributed by atoms with Crippen LogP contribution in [0, 0.1) is 17.1 Å². The van der Waals surface area contributed by atoms with Crippen molar-refractivity contribution in [3.05, 3.63) is 59.5 Å². The summed E-state index contributed by atoms with van der Waals surface area (Å²) in [5.74, 6) is 0.415. The number of benzene rings is 1. The van der Waals surface area contributed by atoms with E-state index in [9.17, 15) is 9.65 Å². The van der Waals surface area contributed by atoms with E-state index in [-0.39, 0.29) is 11.9 Å². The summed E-state index contributed by atoms with van der Waals surface area (Å²) < 4.78 is 18.8. The zero-order chi connectivity index (χ0) is 14.7. The minimum Gasteiger partial charge on any atom is -0.370 e. The lowest BCUT2D eigenvalue weighted by atomic mass is 10.1. The molecule has 0 amide bonds. The third-order valence-electron chi connectivity index (χ3n) is 3.51. The van der Waals surface area contributed by atoms with Gasteiger partial charge in [0.05, 0.1) is 12.2 Å². The molecule has 1 aromatic carbocycles. The zero-order valence-electron chi connectivity index (χ0n) is 11.4. The summed E-state index contributed by atoms with van der Waals surface area (Å²) >= 11 is 0. The highest BCUT2D eigenvalue weighted by Crippen LogP contribution is 2.26. The molecular formula is C16H14FN3O. The van der Waals surface area contributed by atoms with Crippen molar-refractivity contribution in [1.82, 2.24) is 4.98 Å². The Hall–Kier alpha value is -2.45. The standard InChI is InChI=1S/C16H14FN3O/c17-14-5-3-12(4-6-14)15-11-20(8-9-21-15)16-13(10-18)2-1-7-19-16/h1-7,15H,8-9,11H2/t15-/m0/s1. The number of rotatable bonds is 2.